The van der Waals surface area contributed by atoms with Crippen molar-refractivity contribution >= 4 is 5.82 Å². The minimum atomic E-state index is -0.0304. The number of ether oxygens (including phenoxy) is 1. The lowest BCUT2D eigenvalue weighted by Crippen LogP contribution is -2.35. The number of rotatable bonds is 5. The molecule has 0 bridgehead atoms. The summed E-state index contributed by atoms with van der Waals surface area (Å²) in [7, 11) is 1.94. The maximum atomic E-state index is 8.82. The van der Waals surface area contributed by atoms with Crippen LogP contribution >= 0.6 is 0 Å². The molecule has 1 unspecified atom stereocenters. The Morgan fingerprint density at radius 3 is 3.09 bits per heavy atom. The predicted molar refractivity (Wildman–Crippen MR) is 82.0 cm³/mol. The molecule has 1 aliphatic rings. The van der Waals surface area contributed by atoms with Crippen LogP contribution in [-0.2, 0) is 7.05 Å². The largest absolute Gasteiger partial charge is 0.474 e. The zero-order valence-electron chi connectivity index (χ0n) is 12.7. The number of aryl methyl sites for hydroxylation is 1. The average Bonchev–Trinajstić information content (AvgIpc) is 3.00. The molecule has 1 fully saturated rings. The van der Waals surface area contributed by atoms with Gasteiger partial charge in [0.25, 0.3) is 0 Å². The molecule has 1 saturated heterocycles. The van der Waals surface area contributed by atoms with E-state index in [4.69, 9.17) is 9.84 Å². The van der Waals surface area contributed by atoms with Crippen LogP contribution in [0.2, 0.25) is 0 Å². The van der Waals surface area contributed by atoms with Crippen molar-refractivity contribution in [1.29, 1.82) is 0 Å². The molecule has 0 amide bonds. The van der Waals surface area contributed by atoms with Crippen LogP contribution < -0.4 is 9.64 Å². The van der Waals surface area contributed by atoms with Crippen LogP contribution in [-0.4, -0.2) is 51.2 Å². The molecule has 0 radical (unpaired) electrons. The van der Waals surface area contributed by atoms with Crippen LogP contribution in [0.25, 0.3) is 0 Å². The van der Waals surface area contributed by atoms with E-state index in [1.54, 1.807) is 12.4 Å². The summed E-state index contributed by atoms with van der Waals surface area (Å²) in [5, 5.41) is 13.3. The lowest BCUT2D eigenvalue weighted by molar-refractivity contribution is 0.196. The summed E-state index contributed by atoms with van der Waals surface area (Å²) in [6.45, 7) is 2.04. The van der Waals surface area contributed by atoms with Gasteiger partial charge in [0, 0.05) is 32.3 Å². The molecule has 2 aromatic rings. The van der Waals surface area contributed by atoms with E-state index in [9.17, 15) is 0 Å². The topological polar surface area (TPSA) is 76.3 Å². The van der Waals surface area contributed by atoms with Crippen LogP contribution in [0.15, 0.2) is 24.7 Å². The molecule has 0 spiro atoms. The van der Waals surface area contributed by atoms with Gasteiger partial charge in [-0.05, 0) is 18.9 Å². The van der Waals surface area contributed by atoms with Gasteiger partial charge >= 0.3 is 0 Å². The standard InChI is InChI=1S/C15H21N5O2/c1-19-6-4-13(18-19)12-3-2-5-20(11-12)14-9-16-10-15(17-14)22-8-7-21/h4,6,9-10,12,21H,2-3,5,7-8,11H2,1H3. The number of anilines is 1. The van der Waals surface area contributed by atoms with Crippen LogP contribution in [0.5, 0.6) is 5.88 Å². The monoisotopic (exact) mass is 303 g/mol. The number of hydrogen-bond donors (Lipinski definition) is 1. The Bertz CT molecular complexity index is 615. The van der Waals surface area contributed by atoms with Crippen LogP contribution in [0.4, 0.5) is 5.82 Å². The Kier molecular flexibility index (Phi) is 4.53. The van der Waals surface area contributed by atoms with Crippen molar-refractivity contribution in [3.05, 3.63) is 30.4 Å². The van der Waals surface area contributed by atoms with Crippen molar-refractivity contribution in [2.24, 2.45) is 7.05 Å². The number of hydrogen-bond acceptors (Lipinski definition) is 6. The second kappa shape index (κ2) is 6.74. The first-order valence-electron chi connectivity index (χ1n) is 7.56. The summed E-state index contributed by atoms with van der Waals surface area (Å²) in [6, 6.07) is 2.08. The highest BCUT2D eigenvalue weighted by atomic mass is 16.5. The first-order valence-corrected chi connectivity index (χ1v) is 7.56. The third-order valence-electron chi connectivity index (χ3n) is 3.84. The van der Waals surface area contributed by atoms with Gasteiger partial charge in [-0.2, -0.15) is 10.1 Å². The van der Waals surface area contributed by atoms with E-state index in [2.05, 4.69) is 26.0 Å². The fourth-order valence-electron chi connectivity index (χ4n) is 2.79. The summed E-state index contributed by atoms with van der Waals surface area (Å²) in [5.74, 6) is 1.68. The van der Waals surface area contributed by atoms with Gasteiger partial charge < -0.3 is 14.7 Å². The Balaban J connectivity index is 1.71. The third-order valence-corrected chi connectivity index (χ3v) is 3.84. The summed E-state index contributed by atoms with van der Waals surface area (Å²) in [6.07, 6.45) is 7.55. The Morgan fingerprint density at radius 1 is 1.41 bits per heavy atom. The molecule has 0 aromatic carbocycles. The molecule has 1 aliphatic heterocycles. The lowest BCUT2D eigenvalue weighted by Gasteiger charge is -2.32. The van der Waals surface area contributed by atoms with Crippen molar-refractivity contribution in [2.75, 3.05) is 31.2 Å². The highest BCUT2D eigenvalue weighted by Crippen LogP contribution is 2.28. The van der Waals surface area contributed by atoms with Crippen molar-refractivity contribution in [2.45, 2.75) is 18.8 Å². The smallest absolute Gasteiger partial charge is 0.234 e. The van der Waals surface area contributed by atoms with Crippen molar-refractivity contribution in [1.82, 2.24) is 19.7 Å². The van der Waals surface area contributed by atoms with Crippen LogP contribution in [0, 0.1) is 0 Å². The number of aliphatic hydroxyl groups is 1. The molecule has 1 N–H and O–H groups in total. The van der Waals surface area contributed by atoms with Gasteiger partial charge in [0.2, 0.25) is 5.88 Å². The summed E-state index contributed by atoms with van der Waals surface area (Å²) in [4.78, 5) is 10.9. The van der Waals surface area contributed by atoms with E-state index in [1.807, 2.05) is 17.9 Å². The van der Waals surface area contributed by atoms with Crippen molar-refractivity contribution in [3.63, 3.8) is 0 Å². The third kappa shape index (κ3) is 3.36. The van der Waals surface area contributed by atoms with Crippen molar-refractivity contribution in [3.8, 4) is 5.88 Å². The molecule has 7 heteroatoms. The van der Waals surface area contributed by atoms with Gasteiger partial charge in [0.15, 0.2) is 5.82 Å². The molecular weight excluding hydrogens is 282 g/mol. The molecule has 1 atom stereocenters. The molecule has 3 rings (SSSR count). The molecule has 7 nitrogen and oxygen atoms in total. The number of nitrogens with zero attached hydrogens (tertiary/aromatic N) is 5. The van der Waals surface area contributed by atoms with Gasteiger partial charge in [-0.25, -0.2) is 0 Å². The zero-order chi connectivity index (χ0) is 15.4. The summed E-state index contributed by atoms with van der Waals surface area (Å²) in [5.41, 5.74) is 1.13. The average molecular weight is 303 g/mol. The molecule has 3 heterocycles. The van der Waals surface area contributed by atoms with Gasteiger partial charge in [-0.15, -0.1) is 0 Å². The lowest BCUT2D eigenvalue weighted by atomic mass is 9.95. The summed E-state index contributed by atoms with van der Waals surface area (Å²) >= 11 is 0. The van der Waals surface area contributed by atoms with Crippen LogP contribution in [0.3, 0.4) is 0 Å². The minimum absolute atomic E-state index is 0.0304. The zero-order valence-corrected chi connectivity index (χ0v) is 12.7. The first-order chi connectivity index (χ1) is 10.8. The fraction of sp³-hybridized carbons (Fsp3) is 0.533. The van der Waals surface area contributed by atoms with Crippen molar-refractivity contribution < 1.29 is 9.84 Å². The van der Waals surface area contributed by atoms with E-state index >= 15 is 0 Å². The molecule has 118 valence electrons. The fourth-order valence-corrected chi connectivity index (χ4v) is 2.79. The molecule has 0 aliphatic carbocycles. The highest BCUT2D eigenvalue weighted by Gasteiger charge is 2.24. The minimum Gasteiger partial charge on any atom is -0.474 e. The summed E-state index contributed by atoms with van der Waals surface area (Å²) < 4.78 is 7.18. The maximum Gasteiger partial charge on any atom is 0.234 e. The van der Waals surface area contributed by atoms with E-state index in [1.165, 1.54) is 0 Å². The predicted octanol–water partition coefficient (Wildman–Crippen LogP) is 0.965. The quantitative estimate of drug-likeness (QED) is 0.887. The molecule has 0 saturated carbocycles. The van der Waals surface area contributed by atoms with Gasteiger partial charge in [0.05, 0.1) is 24.7 Å². The first kappa shape index (κ1) is 14.8. The highest BCUT2D eigenvalue weighted by molar-refractivity contribution is 5.39. The van der Waals surface area contributed by atoms with Gasteiger partial charge in [-0.3, -0.25) is 9.67 Å². The number of piperidine rings is 1. The van der Waals surface area contributed by atoms with E-state index in [-0.39, 0.29) is 13.2 Å². The Morgan fingerprint density at radius 2 is 2.32 bits per heavy atom. The number of aliphatic hydroxyl groups excluding tert-OH is 1. The Labute approximate surface area is 129 Å². The Hall–Kier alpha value is -2.15. The van der Waals surface area contributed by atoms with E-state index < -0.39 is 0 Å². The second-order valence-corrected chi connectivity index (χ2v) is 5.49. The van der Waals surface area contributed by atoms with Gasteiger partial charge in [-0.1, -0.05) is 0 Å². The second-order valence-electron chi connectivity index (χ2n) is 5.49. The van der Waals surface area contributed by atoms with Gasteiger partial charge in [0.1, 0.15) is 6.61 Å². The SMILES string of the molecule is Cn1ccc(C2CCCN(c3cncc(OCCO)n3)C2)n1. The van der Waals surface area contributed by atoms with Crippen LogP contribution in [0.1, 0.15) is 24.5 Å². The van der Waals surface area contributed by atoms with E-state index in [0.29, 0.717) is 11.8 Å². The van der Waals surface area contributed by atoms with E-state index in [0.717, 1.165) is 37.4 Å². The molecule has 2 aromatic heterocycles. The number of aromatic nitrogens is 4. The maximum absolute atomic E-state index is 8.82. The molecule has 22 heavy (non-hydrogen) atoms. The molecular formula is C15H21N5O2. The normalized spacial score (nSPS) is 18.5.